The van der Waals surface area contributed by atoms with E-state index in [2.05, 4.69) is 10.6 Å². The fourth-order valence-corrected chi connectivity index (χ4v) is 1.24. The first-order valence-electron chi connectivity index (χ1n) is 5.48. The lowest BCUT2D eigenvalue weighted by Gasteiger charge is -2.11. The third-order valence-electron chi connectivity index (χ3n) is 2.24. The second kappa shape index (κ2) is 7.17. The number of carboxylic acid groups (broad SMARTS) is 1. The molecule has 0 spiro atoms. The smallest absolute Gasteiger partial charge is 0.328 e. The van der Waals surface area contributed by atoms with Gasteiger partial charge in [-0.2, -0.15) is 0 Å². The molecule has 0 fully saturated rings. The van der Waals surface area contributed by atoms with Gasteiger partial charge in [0.1, 0.15) is 12.3 Å². The molecule has 8 nitrogen and oxygen atoms in total. The van der Waals surface area contributed by atoms with Crippen molar-refractivity contribution < 1.29 is 29.0 Å². The van der Waals surface area contributed by atoms with Crippen molar-refractivity contribution in [2.24, 2.45) is 0 Å². The van der Waals surface area contributed by atoms with E-state index in [1.807, 2.05) is 0 Å². The Kier molecular flexibility index (Phi) is 5.55. The van der Waals surface area contributed by atoms with Gasteiger partial charge in [0.05, 0.1) is 18.4 Å². The van der Waals surface area contributed by atoms with Crippen LogP contribution in [-0.4, -0.2) is 47.2 Å². The van der Waals surface area contributed by atoms with Crippen LogP contribution in [-0.2, 0) is 9.59 Å². The number of aliphatic hydroxyl groups excluding tert-OH is 1. The van der Waals surface area contributed by atoms with Gasteiger partial charge in [-0.1, -0.05) is 0 Å². The van der Waals surface area contributed by atoms with Gasteiger partial charge in [0, 0.05) is 13.0 Å². The number of hydrogen-bond acceptors (Lipinski definition) is 5. The molecule has 0 radical (unpaired) electrons. The number of amides is 2. The number of carbonyl (C=O) groups excluding carboxylic acids is 2. The molecule has 0 aliphatic rings. The molecule has 19 heavy (non-hydrogen) atoms. The molecule has 0 saturated carbocycles. The first-order valence-corrected chi connectivity index (χ1v) is 5.48. The highest BCUT2D eigenvalue weighted by molar-refractivity contribution is 5.94. The summed E-state index contributed by atoms with van der Waals surface area (Å²) in [6.07, 6.45) is 2.52. The highest BCUT2D eigenvalue weighted by Crippen LogP contribution is 1.98. The molecule has 1 heterocycles. The number of furan rings is 1. The molecule has 1 atom stereocenters. The van der Waals surface area contributed by atoms with Gasteiger partial charge >= 0.3 is 5.97 Å². The molecule has 0 unspecified atom stereocenters. The second-order valence-corrected chi connectivity index (χ2v) is 3.66. The zero-order chi connectivity index (χ0) is 14.3. The van der Waals surface area contributed by atoms with Crippen molar-refractivity contribution in [2.45, 2.75) is 12.5 Å². The van der Waals surface area contributed by atoms with Crippen molar-refractivity contribution in [1.29, 1.82) is 0 Å². The lowest BCUT2D eigenvalue weighted by Crippen LogP contribution is -2.44. The fraction of sp³-hybridized carbons (Fsp3) is 0.364. The van der Waals surface area contributed by atoms with Crippen molar-refractivity contribution in [3.63, 3.8) is 0 Å². The minimum Gasteiger partial charge on any atom is -0.480 e. The molecule has 0 aliphatic heterocycles. The highest BCUT2D eigenvalue weighted by Gasteiger charge is 2.18. The molecule has 0 bridgehead atoms. The summed E-state index contributed by atoms with van der Waals surface area (Å²) in [6, 6.07) is 0.138. The third-order valence-corrected chi connectivity index (χ3v) is 2.24. The minimum absolute atomic E-state index is 0.0492. The quantitative estimate of drug-likeness (QED) is 0.501. The van der Waals surface area contributed by atoms with E-state index in [-0.39, 0.29) is 13.0 Å². The summed E-state index contributed by atoms with van der Waals surface area (Å²) in [4.78, 5) is 33.3. The molecule has 1 aromatic rings. The molecule has 0 aromatic carbocycles. The zero-order valence-corrected chi connectivity index (χ0v) is 9.96. The van der Waals surface area contributed by atoms with Gasteiger partial charge in [-0.25, -0.2) is 4.79 Å². The van der Waals surface area contributed by atoms with E-state index in [0.717, 1.165) is 0 Å². The van der Waals surface area contributed by atoms with Gasteiger partial charge < -0.3 is 25.3 Å². The predicted molar refractivity (Wildman–Crippen MR) is 62.3 cm³/mol. The van der Waals surface area contributed by atoms with Gasteiger partial charge in [-0.3, -0.25) is 9.59 Å². The summed E-state index contributed by atoms with van der Waals surface area (Å²) in [6.45, 7) is -0.643. The Bertz CT molecular complexity index is 442. The van der Waals surface area contributed by atoms with E-state index in [9.17, 15) is 14.4 Å². The minimum atomic E-state index is -1.34. The van der Waals surface area contributed by atoms with E-state index >= 15 is 0 Å². The number of carbonyl (C=O) groups is 3. The van der Waals surface area contributed by atoms with Crippen LogP contribution < -0.4 is 10.6 Å². The lowest BCUT2D eigenvalue weighted by molar-refractivity contribution is -0.142. The third kappa shape index (κ3) is 4.80. The molecule has 0 saturated heterocycles. The molecule has 4 N–H and O–H groups in total. The normalized spacial score (nSPS) is 11.6. The summed E-state index contributed by atoms with van der Waals surface area (Å²) in [5.41, 5.74) is 0.333. The van der Waals surface area contributed by atoms with Crippen molar-refractivity contribution in [2.75, 3.05) is 13.2 Å². The number of carboxylic acids is 1. The maximum absolute atomic E-state index is 11.4. The van der Waals surface area contributed by atoms with Crippen LogP contribution in [0.5, 0.6) is 0 Å². The Morgan fingerprint density at radius 2 is 2.11 bits per heavy atom. The number of aliphatic carboxylic acids is 1. The second-order valence-electron chi connectivity index (χ2n) is 3.66. The van der Waals surface area contributed by atoms with Crippen LogP contribution >= 0.6 is 0 Å². The van der Waals surface area contributed by atoms with Crippen LogP contribution in [0.3, 0.4) is 0 Å². The number of rotatable bonds is 7. The molecular weight excluding hydrogens is 256 g/mol. The molecule has 8 heteroatoms. The van der Waals surface area contributed by atoms with Gasteiger partial charge in [0.2, 0.25) is 5.91 Å². The van der Waals surface area contributed by atoms with Gasteiger partial charge in [-0.05, 0) is 6.07 Å². The number of nitrogens with one attached hydrogen (secondary N) is 2. The van der Waals surface area contributed by atoms with E-state index < -0.39 is 30.4 Å². The molecule has 1 aromatic heterocycles. The molecule has 104 valence electrons. The van der Waals surface area contributed by atoms with Crippen LogP contribution in [0.25, 0.3) is 0 Å². The summed E-state index contributed by atoms with van der Waals surface area (Å²) < 4.78 is 4.72. The largest absolute Gasteiger partial charge is 0.480 e. The Hall–Kier alpha value is -2.35. The van der Waals surface area contributed by atoms with Crippen LogP contribution in [0.15, 0.2) is 23.0 Å². The summed E-state index contributed by atoms with van der Waals surface area (Å²) in [5, 5.41) is 21.9. The first-order chi connectivity index (χ1) is 9.04. The molecule has 2 amide bonds. The Balaban J connectivity index is 2.27. The van der Waals surface area contributed by atoms with E-state index in [4.69, 9.17) is 14.6 Å². The van der Waals surface area contributed by atoms with E-state index in [1.165, 1.54) is 18.6 Å². The maximum Gasteiger partial charge on any atom is 0.328 e. The standard InChI is InChI=1S/C11H14N2O6/c14-5-8(11(17)18)13-9(15)1-3-12-10(16)7-2-4-19-6-7/h2,4,6,8,14H,1,3,5H2,(H,12,16)(H,13,15)(H,17,18)/t8-/m1/s1. The Morgan fingerprint density at radius 3 is 2.63 bits per heavy atom. The Morgan fingerprint density at radius 1 is 1.37 bits per heavy atom. The monoisotopic (exact) mass is 270 g/mol. The van der Waals surface area contributed by atoms with Crippen molar-refractivity contribution >= 4 is 17.8 Å². The summed E-state index contributed by atoms with van der Waals surface area (Å²) in [7, 11) is 0. The van der Waals surface area contributed by atoms with Crippen LogP contribution in [0.1, 0.15) is 16.8 Å². The predicted octanol–water partition coefficient (Wildman–Crippen LogP) is -1.04. The van der Waals surface area contributed by atoms with Crippen LogP contribution in [0, 0.1) is 0 Å². The molecule has 1 rings (SSSR count). The molecular formula is C11H14N2O6. The highest BCUT2D eigenvalue weighted by atomic mass is 16.4. The van der Waals surface area contributed by atoms with E-state index in [1.54, 1.807) is 0 Å². The SMILES string of the molecule is O=C(CCNC(=O)c1ccoc1)N[C@H](CO)C(=O)O. The average Bonchev–Trinajstić information content (AvgIpc) is 2.89. The van der Waals surface area contributed by atoms with Crippen molar-refractivity contribution in [1.82, 2.24) is 10.6 Å². The summed E-state index contributed by atoms with van der Waals surface area (Å²) >= 11 is 0. The number of hydrogen-bond donors (Lipinski definition) is 4. The topological polar surface area (TPSA) is 129 Å². The lowest BCUT2D eigenvalue weighted by atomic mass is 10.3. The fourth-order valence-electron chi connectivity index (χ4n) is 1.24. The van der Waals surface area contributed by atoms with Gasteiger partial charge in [0.15, 0.2) is 0 Å². The number of aliphatic hydroxyl groups is 1. The van der Waals surface area contributed by atoms with Crippen molar-refractivity contribution in [3.05, 3.63) is 24.2 Å². The van der Waals surface area contributed by atoms with Crippen molar-refractivity contribution in [3.8, 4) is 0 Å². The summed E-state index contributed by atoms with van der Waals surface area (Å²) in [5.74, 6) is -2.29. The Labute approximate surface area is 108 Å². The zero-order valence-electron chi connectivity index (χ0n) is 9.96. The van der Waals surface area contributed by atoms with Gasteiger partial charge in [-0.15, -0.1) is 0 Å². The van der Waals surface area contributed by atoms with Crippen LogP contribution in [0.2, 0.25) is 0 Å². The first kappa shape index (κ1) is 14.7. The maximum atomic E-state index is 11.4. The van der Waals surface area contributed by atoms with E-state index in [0.29, 0.717) is 5.56 Å². The molecule has 0 aliphatic carbocycles. The average molecular weight is 270 g/mol. The van der Waals surface area contributed by atoms with Crippen LogP contribution in [0.4, 0.5) is 0 Å². The van der Waals surface area contributed by atoms with Gasteiger partial charge in [0.25, 0.3) is 5.91 Å².